The van der Waals surface area contributed by atoms with E-state index in [2.05, 4.69) is 0 Å². The molecule has 8 heteroatoms. The zero-order valence-corrected chi connectivity index (χ0v) is 7.58. The maximum absolute atomic E-state index is 10.6. The van der Waals surface area contributed by atoms with Gasteiger partial charge in [0, 0.05) is 6.07 Å². The predicted molar refractivity (Wildman–Crippen MR) is 49.2 cm³/mol. The molecule has 0 saturated carbocycles. The Balaban J connectivity index is 3.74. The molecule has 0 aliphatic carbocycles. The van der Waals surface area contributed by atoms with Crippen LogP contribution < -0.4 is 0 Å². The van der Waals surface area contributed by atoms with Gasteiger partial charge in [0.2, 0.25) is 0 Å². The van der Waals surface area contributed by atoms with Crippen LogP contribution in [0.15, 0.2) is 12.1 Å². The SMILES string of the molecule is N#Cc1ccc([N+](=O)[O-])c([N+](=O)[O-])c1C#N. The summed E-state index contributed by atoms with van der Waals surface area (Å²) < 4.78 is 0. The average Bonchev–Trinajstić information content (AvgIpc) is 2.26. The largest absolute Gasteiger partial charge is 0.364 e. The molecule has 1 rings (SSSR count). The van der Waals surface area contributed by atoms with Gasteiger partial charge in [0.25, 0.3) is 0 Å². The summed E-state index contributed by atoms with van der Waals surface area (Å²) in [5, 5.41) is 38.4. The summed E-state index contributed by atoms with van der Waals surface area (Å²) in [5.41, 5.74) is -2.62. The van der Waals surface area contributed by atoms with E-state index >= 15 is 0 Å². The van der Waals surface area contributed by atoms with Crippen molar-refractivity contribution in [3.8, 4) is 12.1 Å². The molecule has 0 atom stereocenters. The Morgan fingerprint density at radius 2 is 1.69 bits per heavy atom. The van der Waals surface area contributed by atoms with E-state index in [-0.39, 0.29) is 5.56 Å². The van der Waals surface area contributed by atoms with Crippen molar-refractivity contribution in [1.29, 1.82) is 10.5 Å². The number of nitriles is 2. The fourth-order valence-electron chi connectivity index (χ4n) is 1.12. The smallest absolute Gasteiger partial charge is 0.258 e. The highest BCUT2D eigenvalue weighted by atomic mass is 16.6. The molecule has 0 unspecified atom stereocenters. The third kappa shape index (κ3) is 1.63. The van der Waals surface area contributed by atoms with Crippen molar-refractivity contribution in [3.63, 3.8) is 0 Å². The Morgan fingerprint density at radius 3 is 2.06 bits per heavy atom. The molecule has 78 valence electrons. The second-order valence-electron chi connectivity index (χ2n) is 2.59. The molecule has 16 heavy (non-hydrogen) atoms. The summed E-state index contributed by atoms with van der Waals surface area (Å²) in [7, 11) is 0. The summed E-state index contributed by atoms with van der Waals surface area (Å²) in [4.78, 5) is 19.1. The Bertz CT molecular complexity index is 567. The van der Waals surface area contributed by atoms with Crippen LogP contribution in [-0.2, 0) is 0 Å². The van der Waals surface area contributed by atoms with Gasteiger partial charge in [0.05, 0.1) is 15.4 Å². The lowest BCUT2D eigenvalue weighted by molar-refractivity contribution is -0.422. The Morgan fingerprint density at radius 1 is 1.06 bits per heavy atom. The number of benzene rings is 1. The van der Waals surface area contributed by atoms with Crippen LogP contribution in [0.2, 0.25) is 0 Å². The van der Waals surface area contributed by atoms with Crippen molar-refractivity contribution in [3.05, 3.63) is 43.5 Å². The first-order valence-corrected chi connectivity index (χ1v) is 3.79. The van der Waals surface area contributed by atoms with Gasteiger partial charge in [-0.3, -0.25) is 20.2 Å². The molecule has 0 N–H and O–H groups in total. The second-order valence-corrected chi connectivity index (χ2v) is 2.59. The second kappa shape index (κ2) is 4.02. The minimum atomic E-state index is -1.04. The Kier molecular flexibility index (Phi) is 2.78. The summed E-state index contributed by atoms with van der Waals surface area (Å²) in [6.45, 7) is 0. The normalized spacial score (nSPS) is 8.88. The molecule has 0 heterocycles. The molecule has 8 nitrogen and oxygen atoms in total. The minimum absolute atomic E-state index is 0.264. The quantitative estimate of drug-likeness (QED) is 0.541. The predicted octanol–water partition coefficient (Wildman–Crippen LogP) is 1.25. The van der Waals surface area contributed by atoms with Crippen LogP contribution >= 0.6 is 0 Å². The molecular weight excluding hydrogens is 216 g/mol. The van der Waals surface area contributed by atoms with Crippen molar-refractivity contribution >= 4 is 11.4 Å². The van der Waals surface area contributed by atoms with Gasteiger partial charge in [-0.2, -0.15) is 10.5 Å². The van der Waals surface area contributed by atoms with Gasteiger partial charge >= 0.3 is 11.4 Å². The van der Waals surface area contributed by atoms with E-state index in [1.807, 2.05) is 0 Å². The summed E-state index contributed by atoms with van der Waals surface area (Å²) >= 11 is 0. The molecule has 0 bridgehead atoms. The average molecular weight is 218 g/mol. The highest BCUT2D eigenvalue weighted by Crippen LogP contribution is 2.32. The van der Waals surface area contributed by atoms with Crippen LogP contribution in [-0.4, -0.2) is 9.85 Å². The maximum atomic E-state index is 10.6. The van der Waals surface area contributed by atoms with Crippen LogP contribution in [0.4, 0.5) is 11.4 Å². The van der Waals surface area contributed by atoms with Crippen LogP contribution in [0.3, 0.4) is 0 Å². The molecule has 0 saturated heterocycles. The van der Waals surface area contributed by atoms with Gasteiger partial charge in [0.1, 0.15) is 12.1 Å². The monoisotopic (exact) mass is 218 g/mol. The number of nitro benzene ring substituents is 2. The summed E-state index contributed by atoms with van der Waals surface area (Å²) in [6.07, 6.45) is 0. The van der Waals surface area contributed by atoms with Gasteiger partial charge in [-0.05, 0) is 6.07 Å². The molecule has 1 aromatic rings. The van der Waals surface area contributed by atoms with Gasteiger partial charge in [0.15, 0.2) is 5.56 Å². The number of hydrogen-bond donors (Lipinski definition) is 0. The topological polar surface area (TPSA) is 134 Å². The third-order valence-corrected chi connectivity index (χ3v) is 1.77. The lowest BCUT2D eigenvalue weighted by atomic mass is 10.1. The molecule has 0 spiro atoms. The molecule has 0 fully saturated rings. The molecular formula is C8H2N4O4. The highest BCUT2D eigenvalue weighted by molar-refractivity contribution is 5.67. The lowest BCUT2D eigenvalue weighted by Gasteiger charge is -1.97. The number of hydrogen-bond acceptors (Lipinski definition) is 6. The summed E-state index contributed by atoms with van der Waals surface area (Å²) in [6, 6.07) is 4.82. The molecule has 0 aliphatic heterocycles. The van der Waals surface area contributed by atoms with Crippen molar-refractivity contribution in [2.24, 2.45) is 0 Å². The van der Waals surface area contributed by atoms with Gasteiger partial charge in [-0.25, -0.2) is 0 Å². The maximum Gasteiger partial charge on any atom is 0.364 e. The van der Waals surface area contributed by atoms with Gasteiger partial charge in [-0.1, -0.05) is 0 Å². The van der Waals surface area contributed by atoms with Gasteiger partial charge in [-0.15, -0.1) is 0 Å². The van der Waals surface area contributed by atoms with Crippen LogP contribution in [0, 0.1) is 42.9 Å². The fraction of sp³-hybridized carbons (Fsp3) is 0. The van der Waals surface area contributed by atoms with Crippen LogP contribution in [0.1, 0.15) is 11.1 Å². The highest BCUT2D eigenvalue weighted by Gasteiger charge is 2.30. The van der Waals surface area contributed by atoms with E-state index in [9.17, 15) is 20.2 Å². The van der Waals surface area contributed by atoms with E-state index < -0.39 is 26.8 Å². The number of rotatable bonds is 2. The molecule has 1 aromatic carbocycles. The van der Waals surface area contributed by atoms with E-state index in [0.717, 1.165) is 12.1 Å². The third-order valence-electron chi connectivity index (χ3n) is 1.77. The summed E-state index contributed by atoms with van der Waals surface area (Å²) in [5.74, 6) is 0. The first-order chi connectivity index (χ1) is 7.52. The zero-order chi connectivity index (χ0) is 12.3. The van der Waals surface area contributed by atoms with E-state index in [1.54, 1.807) is 6.07 Å². The van der Waals surface area contributed by atoms with E-state index in [1.165, 1.54) is 6.07 Å². The van der Waals surface area contributed by atoms with Crippen molar-refractivity contribution in [1.82, 2.24) is 0 Å². The van der Waals surface area contributed by atoms with Crippen molar-refractivity contribution < 1.29 is 9.85 Å². The molecule has 0 amide bonds. The lowest BCUT2D eigenvalue weighted by Crippen LogP contribution is -2.01. The van der Waals surface area contributed by atoms with E-state index in [4.69, 9.17) is 10.5 Å². The van der Waals surface area contributed by atoms with Crippen LogP contribution in [0.25, 0.3) is 0 Å². The first kappa shape index (κ1) is 11.1. The fourth-order valence-corrected chi connectivity index (χ4v) is 1.12. The Labute approximate surface area is 88.3 Å². The Hall–Kier alpha value is -3.00. The standard InChI is InChI=1S/C8H2N4O4/c9-3-5-1-2-7(11(13)14)8(12(15)16)6(5)4-10/h1-2H. The van der Waals surface area contributed by atoms with E-state index in [0.29, 0.717) is 0 Å². The number of nitro groups is 2. The minimum Gasteiger partial charge on any atom is -0.258 e. The molecule has 0 aliphatic rings. The van der Waals surface area contributed by atoms with Gasteiger partial charge < -0.3 is 0 Å². The zero-order valence-electron chi connectivity index (χ0n) is 7.58. The number of nitrogens with zero attached hydrogens (tertiary/aromatic N) is 4. The molecule has 0 radical (unpaired) electrons. The first-order valence-electron chi connectivity index (χ1n) is 3.79. The van der Waals surface area contributed by atoms with Crippen LogP contribution in [0.5, 0.6) is 0 Å². The van der Waals surface area contributed by atoms with Crippen molar-refractivity contribution in [2.45, 2.75) is 0 Å². The van der Waals surface area contributed by atoms with Crippen molar-refractivity contribution in [2.75, 3.05) is 0 Å². The molecule has 0 aromatic heterocycles.